The van der Waals surface area contributed by atoms with Crippen LogP contribution < -0.4 is 5.73 Å². The van der Waals surface area contributed by atoms with E-state index in [0.29, 0.717) is 19.2 Å². The number of rotatable bonds is 7. The Bertz CT molecular complexity index is 340. The first-order chi connectivity index (χ1) is 7.99. The van der Waals surface area contributed by atoms with E-state index in [1.165, 1.54) is 0 Å². The predicted octanol–water partition coefficient (Wildman–Crippen LogP) is 2.49. The summed E-state index contributed by atoms with van der Waals surface area (Å²) in [5.41, 5.74) is 6.60. The summed E-state index contributed by atoms with van der Waals surface area (Å²) in [6.45, 7) is 8.53. The van der Waals surface area contributed by atoms with E-state index in [1.54, 1.807) is 6.20 Å². The zero-order valence-corrected chi connectivity index (χ0v) is 11.9. The first-order valence-corrected chi connectivity index (χ1v) is 9.54. The summed E-state index contributed by atoms with van der Waals surface area (Å²) in [7, 11) is -1.00. The van der Waals surface area contributed by atoms with Crippen molar-refractivity contribution in [3.8, 4) is 0 Å². The van der Waals surface area contributed by atoms with Gasteiger partial charge in [0.1, 0.15) is 12.6 Å². The monoisotopic (exact) mass is 254 g/mol. The van der Waals surface area contributed by atoms with Crippen molar-refractivity contribution in [1.82, 2.24) is 4.98 Å². The topological polar surface area (TPSA) is 57.4 Å². The Morgan fingerprint density at radius 2 is 2.06 bits per heavy atom. The molecule has 0 aliphatic heterocycles. The molecule has 1 rings (SSSR count). The van der Waals surface area contributed by atoms with Crippen molar-refractivity contribution in [2.24, 2.45) is 0 Å². The molecule has 1 aromatic heterocycles. The Hall–Kier alpha value is -0.913. The van der Waals surface area contributed by atoms with Crippen molar-refractivity contribution in [2.45, 2.75) is 32.3 Å². The summed E-state index contributed by atoms with van der Waals surface area (Å²) in [4.78, 5) is 3.99. The smallest absolute Gasteiger partial charge is 0.147 e. The third-order valence-corrected chi connectivity index (χ3v) is 4.05. The highest BCUT2D eigenvalue weighted by Gasteiger charge is 2.11. The van der Waals surface area contributed by atoms with Crippen LogP contribution >= 0.6 is 0 Å². The van der Waals surface area contributed by atoms with Crippen LogP contribution in [-0.2, 0) is 16.1 Å². The molecule has 0 spiro atoms. The van der Waals surface area contributed by atoms with E-state index in [1.807, 2.05) is 12.1 Å². The summed E-state index contributed by atoms with van der Waals surface area (Å²) in [5, 5.41) is 0. The number of hydrogen-bond donors (Lipinski definition) is 1. The van der Waals surface area contributed by atoms with Gasteiger partial charge in [-0.25, -0.2) is 4.98 Å². The standard InChI is InChI=1S/C12H22N2O2Si/c1-17(2,3)8-7-15-10-16-9-11-5-4-6-14-12(11)13/h4-6H,7-10H2,1-3H3,(H2,13,14). The Morgan fingerprint density at radius 1 is 1.29 bits per heavy atom. The number of nitrogen functional groups attached to an aromatic ring is 1. The van der Waals surface area contributed by atoms with Gasteiger partial charge >= 0.3 is 0 Å². The molecular formula is C12H22N2O2Si. The summed E-state index contributed by atoms with van der Waals surface area (Å²) < 4.78 is 10.8. The second-order valence-corrected chi connectivity index (χ2v) is 10.9. The van der Waals surface area contributed by atoms with Gasteiger partial charge < -0.3 is 15.2 Å². The van der Waals surface area contributed by atoms with Gasteiger partial charge in [-0.1, -0.05) is 25.7 Å². The molecule has 4 nitrogen and oxygen atoms in total. The molecule has 0 radical (unpaired) electrons. The molecule has 0 saturated heterocycles. The van der Waals surface area contributed by atoms with Crippen LogP contribution in [0.5, 0.6) is 0 Å². The number of nitrogens with two attached hydrogens (primary N) is 1. The van der Waals surface area contributed by atoms with Crippen LogP contribution in [0.1, 0.15) is 5.56 Å². The molecule has 5 heteroatoms. The second-order valence-electron chi connectivity index (χ2n) is 5.23. The van der Waals surface area contributed by atoms with E-state index in [4.69, 9.17) is 15.2 Å². The molecule has 0 saturated carbocycles. The van der Waals surface area contributed by atoms with E-state index in [9.17, 15) is 0 Å². The molecule has 1 heterocycles. The molecule has 96 valence electrons. The van der Waals surface area contributed by atoms with Gasteiger partial charge in [0.05, 0.1) is 6.61 Å². The lowest BCUT2D eigenvalue weighted by Gasteiger charge is -2.15. The van der Waals surface area contributed by atoms with Gasteiger partial charge in [0.25, 0.3) is 0 Å². The van der Waals surface area contributed by atoms with Crippen LogP contribution in [0.15, 0.2) is 18.3 Å². The van der Waals surface area contributed by atoms with Crippen molar-refractivity contribution in [3.05, 3.63) is 23.9 Å². The Morgan fingerprint density at radius 3 is 2.71 bits per heavy atom. The first kappa shape index (κ1) is 14.1. The highest BCUT2D eigenvalue weighted by molar-refractivity contribution is 6.76. The molecule has 0 unspecified atom stereocenters. The maximum atomic E-state index is 5.69. The van der Waals surface area contributed by atoms with Gasteiger partial charge in [-0.3, -0.25) is 0 Å². The quantitative estimate of drug-likeness (QED) is 0.461. The van der Waals surface area contributed by atoms with Gasteiger partial charge in [-0.05, 0) is 12.1 Å². The van der Waals surface area contributed by atoms with Crippen LogP contribution in [0.25, 0.3) is 0 Å². The van der Waals surface area contributed by atoms with Gasteiger partial charge in [-0.2, -0.15) is 0 Å². The van der Waals surface area contributed by atoms with Crippen LogP contribution in [-0.4, -0.2) is 26.5 Å². The zero-order valence-electron chi connectivity index (χ0n) is 10.9. The van der Waals surface area contributed by atoms with Crippen LogP contribution in [0.2, 0.25) is 25.7 Å². The number of ether oxygens (including phenoxy) is 2. The zero-order chi connectivity index (χ0) is 12.7. The van der Waals surface area contributed by atoms with E-state index in [2.05, 4.69) is 24.6 Å². The van der Waals surface area contributed by atoms with Gasteiger partial charge in [0, 0.05) is 26.4 Å². The minimum absolute atomic E-state index is 0.318. The van der Waals surface area contributed by atoms with Crippen LogP contribution in [0, 0.1) is 0 Å². The van der Waals surface area contributed by atoms with Crippen molar-refractivity contribution in [3.63, 3.8) is 0 Å². The third-order valence-electron chi connectivity index (χ3n) is 2.35. The molecule has 17 heavy (non-hydrogen) atoms. The molecule has 0 aliphatic rings. The van der Waals surface area contributed by atoms with E-state index >= 15 is 0 Å². The summed E-state index contributed by atoms with van der Waals surface area (Å²) in [6, 6.07) is 4.91. The number of nitrogens with zero attached hydrogens (tertiary/aromatic N) is 1. The molecule has 0 bridgehead atoms. The van der Waals surface area contributed by atoms with Gasteiger partial charge in [0.15, 0.2) is 0 Å². The minimum Gasteiger partial charge on any atom is -0.383 e. The number of aromatic nitrogens is 1. The lowest BCUT2D eigenvalue weighted by Crippen LogP contribution is -2.22. The number of hydrogen-bond acceptors (Lipinski definition) is 4. The average Bonchev–Trinajstić information content (AvgIpc) is 2.24. The Balaban J connectivity index is 2.11. The van der Waals surface area contributed by atoms with Crippen molar-refractivity contribution in [2.75, 3.05) is 19.1 Å². The molecule has 0 fully saturated rings. The molecule has 0 aromatic carbocycles. The summed E-state index contributed by atoms with van der Waals surface area (Å²) in [6.07, 6.45) is 1.67. The minimum atomic E-state index is -1.00. The third kappa shape index (κ3) is 6.40. The van der Waals surface area contributed by atoms with E-state index in [-0.39, 0.29) is 0 Å². The van der Waals surface area contributed by atoms with Crippen LogP contribution in [0.3, 0.4) is 0 Å². The summed E-state index contributed by atoms with van der Waals surface area (Å²) in [5.74, 6) is 0.523. The molecule has 1 aromatic rings. The lowest BCUT2D eigenvalue weighted by molar-refractivity contribution is -0.0572. The maximum absolute atomic E-state index is 5.69. The molecular weight excluding hydrogens is 232 g/mol. The van der Waals surface area contributed by atoms with E-state index < -0.39 is 8.07 Å². The maximum Gasteiger partial charge on any atom is 0.147 e. The SMILES string of the molecule is C[Si](C)(C)CCOCOCc1cccnc1N. The Kier molecular flexibility index (Phi) is 5.60. The fraction of sp³-hybridized carbons (Fsp3) is 0.583. The summed E-state index contributed by atoms with van der Waals surface area (Å²) >= 11 is 0. The fourth-order valence-electron chi connectivity index (χ4n) is 1.22. The molecule has 0 amide bonds. The van der Waals surface area contributed by atoms with Crippen molar-refractivity contribution in [1.29, 1.82) is 0 Å². The second kappa shape index (κ2) is 6.73. The Labute approximate surface area is 104 Å². The fourth-order valence-corrected chi connectivity index (χ4v) is 1.98. The number of anilines is 1. The van der Waals surface area contributed by atoms with Gasteiger partial charge in [0.2, 0.25) is 0 Å². The molecule has 2 N–H and O–H groups in total. The highest BCUT2D eigenvalue weighted by Crippen LogP contribution is 2.09. The van der Waals surface area contributed by atoms with Crippen molar-refractivity contribution >= 4 is 13.9 Å². The largest absolute Gasteiger partial charge is 0.383 e. The highest BCUT2D eigenvalue weighted by atomic mass is 28.3. The normalized spacial score (nSPS) is 11.7. The lowest BCUT2D eigenvalue weighted by atomic mass is 10.3. The molecule has 0 aliphatic carbocycles. The van der Waals surface area contributed by atoms with Crippen molar-refractivity contribution < 1.29 is 9.47 Å². The predicted molar refractivity (Wildman–Crippen MR) is 72.4 cm³/mol. The average molecular weight is 254 g/mol. The number of pyridine rings is 1. The first-order valence-electron chi connectivity index (χ1n) is 5.84. The van der Waals surface area contributed by atoms with E-state index in [0.717, 1.165) is 18.2 Å². The molecule has 0 atom stereocenters. The van der Waals surface area contributed by atoms with Crippen LogP contribution in [0.4, 0.5) is 5.82 Å². The van der Waals surface area contributed by atoms with Gasteiger partial charge in [-0.15, -0.1) is 0 Å².